The van der Waals surface area contributed by atoms with Crippen LogP contribution in [0.3, 0.4) is 0 Å². The highest BCUT2D eigenvalue weighted by Crippen LogP contribution is 2.22. The molecule has 0 aliphatic carbocycles. The Labute approximate surface area is 105 Å². The maximum atomic E-state index is 11.5. The summed E-state index contributed by atoms with van der Waals surface area (Å²) < 4.78 is 5.07. The van der Waals surface area contributed by atoms with Gasteiger partial charge in [-0.3, -0.25) is 4.79 Å². The lowest BCUT2D eigenvalue weighted by atomic mass is 10.2. The molecule has 0 saturated heterocycles. The number of urea groups is 1. The molecule has 6 nitrogen and oxygen atoms in total. The van der Waals surface area contributed by atoms with Crippen molar-refractivity contribution in [2.75, 3.05) is 19.0 Å². The van der Waals surface area contributed by atoms with Crippen LogP contribution < -0.4 is 15.4 Å². The molecular formula is C12H16N2O4. The third kappa shape index (κ3) is 3.97. The number of hydrogen-bond donors (Lipinski definition) is 3. The topological polar surface area (TPSA) is 87.7 Å². The molecule has 1 rings (SSSR count). The van der Waals surface area contributed by atoms with Gasteiger partial charge in [-0.05, 0) is 12.1 Å². The van der Waals surface area contributed by atoms with E-state index in [0.717, 1.165) is 0 Å². The van der Waals surface area contributed by atoms with Crippen molar-refractivity contribution in [3.8, 4) is 5.75 Å². The predicted molar refractivity (Wildman–Crippen MR) is 66.8 cm³/mol. The van der Waals surface area contributed by atoms with Crippen LogP contribution in [0.25, 0.3) is 0 Å². The molecule has 0 spiro atoms. The fourth-order valence-electron chi connectivity index (χ4n) is 1.25. The molecule has 18 heavy (non-hydrogen) atoms. The highest BCUT2D eigenvalue weighted by molar-refractivity contribution is 5.91. The lowest BCUT2D eigenvalue weighted by Gasteiger charge is -2.12. The van der Waals surface area contributed by atoms with Gasteiger partial charge in [0.2, 0.25) is 0 Å². The molecule has 1 atom stereocenters. The summed E-state index contributed by atoms with van der Waals surface area (Å²) in [6.45, 7) is 1.59. The van der Waals surface area contributed by atoms with Crippen LogP contribution in [0.1, 0.15) is 6.92 Å². The number of methoxy groups -OCH3 is 1. The SMILES string of the molecule is COc1ccccc1NC(=O)NCC(C)C(=O)O. The highest BCUT2D eigenvalue weighted by Gasteiger charge is 2.12. The normalized spacial score (nSPS) is 11.4. The molecule has 0 bridgehead atoms. The lowest BCUT2D eigenvalue weighted by molar-refractivity contribution is -0.140. The number of rotatable bonds is 5. The van der Waals surface area contributed by atoms with E-state index < -0.39 is 17.9 Å². The number of amides is 2. The first-order valence-electron chi connectivity index (χ1n) is 5.45. The molecule has 1 aromatic rings. The summed E-state index contributed by atoms with van der Waals surface area (Å²) in [7, 11) is 1.50. The second-order valence-electron chi connectivity index (χ2n) is 3.77. The van der Waals surface area contributed by atoms with Gasteiger partial charge in [0.25, 0.3) is 0 Å². The van der Waals surface area contributed by atoms with Gasteiger partial charge in [-0.25, -0.2) is 4.79 Å². The number of carbonyl (C=O) groups excluding carboxylic acids is 1. The van der Waals surface area contributed by atoms with E-state index in [1.807, 2.05) is 0 Å². The number of hydrogen-bond acceptors (Lipinski definition) is 3. The Balaban J connectivity index is 2.52. The molecule has 0 aromatic heterocycles. The van der Waals surface area contributed by atoms with E-state index >= 15 is 0 Å². The fourth-order valence-corrected chi connectivity index (χ4v) is 1.25. The predicted octanol–water partition coefficient (Wildman–Crippen LogP) is 1.54. The van der Waals surface area contributed by atoms with Crippen molar-refractivity contribution >= 4 is 17.7 Å². The first-order chi connectivity index (χ1) is 8.54. The Morgan fingerprint density at radius 1 is 1.39 bits per heavy atom. The third-order valence-electron chi connectivity index (χ3n) is 2.35. The number of para-hydroxylation sites is 2. The second-order valence-corrected chi connectivity index (χ2v) is 3.77. The highest BCUT2D eigenvalue weighted by atomic mass is 16.5. The number of ether oxygens (including phenoxy) is 1. The Hall–Kier alpha value is -2.24. The van der Waals surface area contributed by atoms with E-state index in [2.05, 4.69) is 10.6 Å². The van der Waals surface area contributed by atoms with Crippen molar-refractivity contribution in [1.82, 2.24) is 5.32 Å². The first kappa shape index (κ1) is 13.8. The molecule has 0 aliphatic heterocycles. The minimum absolute atomic E-state index is 0.0658. The number of carbonyl (C=O) groups is 2. The van der Waals surface area contributed by atoms with Gasteiger partial charge in [-0.15, -0.1) is 0 Å². The standard InChI is InChI=1S/C12H16N2O4/c1-8(11(15)16)7-13-12(17)14-9-5-3-4-6-10(9)18-2/h3-6,8H,7H2,1-2H3,(H,15,16)(H2,13,14,17). The molecule has 0 aliphatic rings. The van der Waals surface area contributed by atoms with E-state index in [0.29, 0.717) is 11.4 Å². The van der Waals surface area contributed by atoms with E-state index in [1.165, 1.54) is 14.0 Å². The summed E-state index contributed by atoms with van der Waals surface area (Å²) >= 11 is 0. The van der Waals surface area contributed by atoms with Crippen LogP contribution in [0.4, 0.5) is 10.5 Å². The number of carboxylic acid groups (broad SMARTS) is 1. The third-order valence-corrected chi connectivity index (χ3v) is 2.35. The largest absolute Gasteiger partial charge is 0.495 e. The van der Waals surface area contributed by atoms with E-state index in [4.69, 9.17) is 9.84 Å². The number of carboxylic acids is 1. The van der Waals surface area contributed by atoms with Crippen molar-refractivity contribution in [2.45, 2.75) is 6.92 Å². The Bertz CT molecular complexity index is 434. The van der Waals surface area contributed by atoms with Crippen molar-refractivity contribution in [1.29, 1.82) is 0 Å². The van der Waals surface area contributed by atoms with Crippen LogP contribution in [-0.4, -0.2) is 30.8 Å². The molecule has 2 amide bonds. The lowest BCUT2D eigenvalue weighted by Crippen LogP contribution is -2.34. The summed E-state index contributed by atoms with van der Waals surface area (Å²) in [5.41, 5.74) is 0.528. The van der Waals surface area contributed by atoms with Crippen LogP contribution in [0.15, 0.2) is 24.3 Å². The Kier molecular flexibility index (Phi) is 4.98. The summed E-state index contributed by atoms with van der Waals surface area (Å²) in [4.78, 5) is 22.1. The second kappa shape index (κ2) is 6.48. The van der Waals surface area contributed by atoms with Crippen molar-refractivity contribution in [3.63, 3.8) is 0 Å². The average Bonchev–Trinajstić information content (AvgIpc) is 2.36. The smallest absolute Gasteiger partial charge is 0.319 e. The van der Waals surface area contributed by atoms with Gasteiger partial charge in [0.1, 0.15) is 5.75 Å². The minimum atomic E-state index is -0.951. The van der Waals surface area contributed by atoms with Crippen LogP contribution >= 0.6 is 0 Å². The van der Waals surface area contributed by atoms with Gasteiger partial charge in [0.05, 0.1) is 18.7 Å². The van der Waals surface area contributed by atoms with Gasteiger partial charge in [-0.1, -0.05) is 19.1 Å². The molecule has 98 valence electrons. The van der Waals surface area contributed by atoms with Crippen LogP contribution in [-0.2, 0) is 4.79 Å². The number of benzene rings is 1. The summed E-state index contributed by atoms with van der Waals surface area (Å²) in [6, 6.07) is 6.49. The quantitative estimate of drug-likeness (QED) is 0.741. The van der Waals surface area contributed by atoms with Crippen LogP contribution in [0.2, 0.25) is 0 Å². The fraction of sp³-hybridized carbons (Fsp3) is 0.333. The monoisotopic (exact) mass is 252 g/mol. The first-order valence-corrected chi connectivity index (χ1v) is 5.45. The molecule has 1 aromatic carbocycles. The van der Waals surface area contributed by atoms with Gasteiger partial charge >= 0.3 is 12.0 Å². The average molecular weight is 252 g/mol. The maximum absolute atomic E-state index is 11.5. The van der Waals surface area contributed by atoms with Gasteiger partial charge < -0.3 is 20.5 Å². The van der Waals surface area contributed by atoms with Gasteiger partial charge in [-0.2, -0.15) is 0 Å². The number of nitrogens with one attached hydrogen (secondary N) is 2. The zero-order chi connectivity index (χ0) is 13.5. The van der Waals surface area contributed by atoms with E-state index in [9.17, 15) is 9.59 Å². The maximum Gasteiger partial charge on any atom is 0.319 e. The zero-order valence-electron chi connectivity index (χ0n) is 10.3. The Morgan fingerprint density at radius 3 is 2.67 bits per heavy atom. The molecule has 0 saturated carbocycles. The zero-order valence-corrected chi connectivity index (χ0v) is 10.3. The van der Waals surface area contributed by atoms with Crippen molar-refractivity contribution in [2.24, 2.45) is 5.92 Å². The number of anilines is 1. The molecule has 0 heterocycles. The van der Waals surface area contributed by atoms with Gasteiger partial charge in [0.15, 0.2) is 0 Å². The van der Waals surface area contributed by atoms with Gasteiger partial charge in [0, 0.05) is 6.54 Å². The minimum Gasteiger partial charge on any atom is -0.495 e. The molecule has 0 radical (unpaired) electrons. The summed E-state index contributed by atoms with van der Waals surface area (Å²) in [5.74, 6) is -1.04. The van der Waals surface area contributed by atoms with E-state index in [1.54, 1.807) is 24.3 Å². The summed E-state index contributed by atoms with van der Waals surface area (Å²) in [6.07, 6.45) is 0. The van der Waals surface area contributed by atoms with Crippen LogP contribution in [0, 0.1) is 5.92 Å². The van der Waals surface area contributed by atoms with Crippen molar-refractivity contribution < 1.29 is 19.4 Å². The van der Waals surface area contributed by atoms with Crippen LogP contribution in [0.5, 0.6) is 5.75 Å². The molecule has 3 N–H and O–H groups in total. The Morgan fingerprint density at radius 2 is 2.06 bits per heavy atom. The molecular weight excluding hydrogens is 236 g/mol. The van der Waals surface area contributed by atoms with E-state index in [-0.39, 0.29) is 6.54 Å². The molecule has 6 heteroatoms. The summed E-state index contributed by atoms with van der Waals surface area (Å²) in [5, 5.41) is 13.7. The van der Waals surface area contributed by atoms with Crippen molar-refractivity contribution in [3.05, 3.63) is 24.3 Å². The molecule has 1 unspecified atom stereocenters. The number of aliphatic carboxylic acids is 1. The molecule has 0 fully saturated rings.